The number of ether oxygens (including phenoxy) is 1. The van der Waals surface area contributed by atoms with Crippen molar-refractivity contribution in [2.24, 2.45) is 159 Å². The standard InChI is InChI=1S/C50H57NO/c1-2-52-17-51-16-27-26-14-24-12-21-10-22-9-19-8-20-11-23-13-25-15-50(27,49(51)18-6-4-3-5-7-18)48-34(25)39-33(23)38-29(20)28(19)36-32(22)37-30(21)31(24)40-35(26)47(48)46-44(39)42(38)41(36)43(37)45(40)46/h3-7,19-23,25,27-30,32-34,36-49H,2,8-17H2,1H3. The van der Waals surface area contributed by atoms with Crippen LogP contribution in [-0.2, 0) is 4.74 Å². The van der Waals surface area contributed by atoms with E-state index in [1.807, 2.05) is 0 Å². The summed E-state index contributed by atoms with van der Waals surface area (Å²) in [6.45, 7) is 5.22. The molecule has 1 aromatic carbocycles. The molecular formula is C50H57NO. The Morgan fingerprint density at radius 2 is 1.25 bits per heavy atom. The smallest absolute Gasteiger partial charge is 0.0995 e. The van der Waals surface area contributed by atoms with Gasteiger partial charge in [-0.15, -0.1) is 0 Å². The summed E-state index contributed by atoms with van der Waals surface area (Å²) in [5.41, 5.74) is 10.8. The van der Waals surface area contributed by atoms with Gasteiger partial charge in [-0.2, -0.15) is 0 Å². The average molecular weight is 688 g/mol. The minimum absolute atomic E-state index is 0.431. The summed E-state index contributed by atoms with van der Waals surface area (Å²) in [6, 6.07) is 12.8. The van der Waals surface area contributed by atoms with Crippen molar-refractivity contribution in [1.29, 1.82) is 0 Å². The molecule has 14 fully saturated rings. The van der Waals surface area contributed by atoms with Gasteiger partial charge in [0.05, 0.1) is 6.73 Å². The van der Waals surface area contributed by atoms with Crippen molar-refractivity contribution < 1.29 is 4.74 Å². The van der Waals surface area contributed by atoms with Crippen molar-refractivity contribution in [1.82, 2.24) is 4.90 Å². The molecule has 0 amide bonds. The Labute approximate surface area is 310 Å². The molecule has 0 radical (unpaired) electrons. The lowest BCUT2D eigenvalue weighted by Gasteiger charge is -2.62. The zero-order valence-corrected chi connectivity index (χ0v) is 31.1. The monoisotopic (exact) mass is 687 g/mol. The average Bonchev–Trinajstić information content (AvgIpc) is 4.01. The molecule has 0 N–H and O–H groups in total. The first kappa shape index (κ1) is 27.3. The maximum Gasteiger partial charge on any atom is 0.0995 e. The molecule has 1 saturated heterocycles. The summed E-state index contributed by atoms with van der Waals surface area (Å²) in [4.78, 5) is 2.97. The summed E-state index contributed by atoms with van der Waals surface area (Å²) >= 11 is 0. The predicted molar refractivity (Wildman–Crippen MR) is 197 cm³/mol. The van der Waals surface area contributed by atoms with E-state index >= 15 is 0 Å². The number of likely N-dealkylation sites (tertiary alicyclic amines) is 1. The van der Waals surface area contributed by atoms with Gasteiger partial charge in [0.25, 0.3) is 0 Å². The van der Waals surface area contributed by atoms with Crippen molar-refractivity contribution >= 4 is 0 Å². The number of fused-ring (bicyclic) bond motifs is 1. The minimum atomic E-state index is 0.431. The third kappa shape index (κ3) is 2.33. The van der Waals surface area contributed by atoms with E-state index in [0.29, 0.717) is 11.5 Å². The quantitative estimate of drug-likeness (QED) is 0.293. The van der Waals surface area contributed by atoms with Gasteiger partial charge in [-0.05, 0) is 206 Å². The molecule has 28 unspecified atom stereocenters. The Kier molecular flexibility index (Phi) is 4.23. The van der Waals surface area contributed by atoms with Crippen LogP contribution in [0.2, 0.25) is 0 Å². The highest BCUT2D eigenvalue weighted by molar-refractivity contribution is 5.56. The first-order valence-corrected chi connectivity index (χ1v) is 23.6. The number of allylic oxidation sites excluding steroid dienone is 3. The summed E-state index contributed by atoms with van der Waals surface area (Å²) in [7, 11) is 0. The number of rotatable bonds is 4. The lowest BCUT2D eigenvalue weighted by Crippen LogP contribution is -2.59. The van der Waals surface area contributed by atoms with Crippen molar-refractivity contribution in [2.45, 2.75) is 64.3 Å². The fourth-order valence-electron chi connectivity index (χ4n) is 26.0. The first-order chi connectivity index (χ1) is 25.8. The minimum Gasteiger partial charge on any atom is -0.366 e. The van der Waals surface area contributed by atoms with Gasteiger partial charge in [-0.3, -0.25) is 4.90 Å². The van der Waals surface area contributed by atoms with Crippen LogP contribution in [0, 0.1) is 159 Å². The highest BCUT2D eigenvalue weighted by Crippen LogP contribution is 2.93. The fraction of sp³-hybridized carbons (Fsp3) is 0.800. The van der Waals surface area contributed by atoms with Gasteiger partial charge in [0.2, 0.25) is 0 Å². The first-order valence-electron chi connectivity index (χ1n) is 23.6. The Balaban J connectivity index is 0.963. The molecule has 1 aromatic rings. The molecule has 0 aromatic heterocycles. The second-order valence-electron chi connectivity index (χ2n) is 24.0. The van der Waals surface area contributed by atoms with Crippen LogP contribution in [-0.4, -0.2) is 24.8 Å². The number of hydrogen-bond acceptors (Lipinski definition) is 2. The summed E-state index contributed by atoms with van der Waals surface area (Å²) in [6.07, 6.45) is 12.9. The molecule has 52 heavy (non-hydrogen) atoms. The van der Waals surface area contributed by atoms with Crippen LogP contribution in [0.15, 0.2) is 52.6 Å². The van der Waals surface area contributed by atoms with E-state index in [-0.39, 0.29) is 0 Å². The normalized spacial score (nSPS) is 69.6. The molecule has 13 saturated carbocycles. The number of benzene rings is 1. The van der Waals surface area contributed by atoms with E-state index in [0.717, 1.165) is 132 Å². The van der Waals surface area contributed by atoms with E-state index in [1.165, 1.54) is 54.9 Å². The van der Waals surface area contributed by atoms with E-state index in [9.17, 15) is 0 Å². The third-order valence-corrected chi connectivity index (χ3v) is 24.5. The number of nitrogens with zero attached hydrogens (tertiary/aromatic N) is 1. The van der Waals surface area contributed by atoms with Gasteiger partial charge in [-0.1, -0.05) is 52.6 Å². The Morgan fingerprint density at radius 1 is 0.635 bits per heavy atom. The molecule has 1 heterocycles. The lowest BCUT2D eigenvalue weighted by molar-refractivity contribution is -0.149. The highest BCUT2D eigenvalue weighted by atomic mass is 16.5. The van der Waals surface area contributed by atoms with Gasteiger partial charge in [0, 0.05) is 36.4 Å². The zero-order chi connectivity index (χ0) is 32.6. The fourth-order valence-corrected chi connectivity index (χ4v) is 26.0. The summed E-state index contributed by atoms with van der Waals surface area (Å²) in [5, 5.41) is 0. The number of hydrogen-bond donors (Lipinski definition) is 0. The van der Waals surface area contributed by atoms with Crippen molar-refractivity contribution in [3.8, 4) is 0 Å². The van der Waals surface area contributed by atoms with E-state index in [4.69, 9.17) is 4.74 Å². The highest BCUT2D eigenvalue weighted by Gasteiger charge is 2.88. The molecule has 1 spiro atoms. The van der Waals surface area contributed by atoms with E-state index in [2.05, 4.69) is 64.4 Å². The van der Waals surface area contributed by atoms with Gasteiger partial charge < -0.3 is 4.74 Å². The Morgan fingerprint density at radius 3 is 2.02 bits per heavy atom. The molecule has 18 rings (SSSR count). The summed E-state index contributed by atoms with van der Waals surface area (Å²) < 4.78 is 6.52. The van der Waals surface area contributed by atoms with Crippen molar-refractivity contribution in [2.75, 3.05) is 19.9 Å². The van der Waals surface area contributed by atoms with E-state index < -0.39 is 0 Å². The molecule has 1 aliphatic heterocycles. The Bertz CT molecular complexity index is 2010. The Hall–Kier alpha value is -1.38. The van der Waals surface area contributed by atoms with Crippen LogP contribution in [0.5, 0.6) is 0 Å². The largest absolute Gasteiger partial charge is 0.366 e. The van der Waals surface area contributed by atoms with Crippen LogP contribution in [0.3, 0.4) is 0 Å². The molecule has 16 aliphatic carbocycles. The van der Waals surface area contributed by atoms with Gasteiger partial charge in [0.1, 0.15) is 0 Å². The van der Waals surface area contributed by atoms with E-state index in [1.54, 1.807) is 44.1 Å². The van der Waals surface area contributed by atoms with Crippen molar-refractivity contribution in [3.63, 3.8) is 0 Å². The van der Waals surface area contributed by atoms with Gasteiger partial charge in [0.15, 0.2) is 0 Å². The van der Waals surface area contributed by atoms with Gasteiger partial charge >= 0.3 is 0 Å². The van der Waals surface area contributed by atoms with Crippen LogP contribution in [0.25, 0.3) is 0 Å². The predicted octanol–water partition coefficient (Wildman–Crippen LogP) is 8.98. The second-order valence-corrected chi connectivity index (χ2v) is 24.0. The van der Waals surface area contributed by atoms with Gasteiger partial charge in [-0.25, -0.2) is 0 Å². The van der Waals surface area contributed by atoms with Crippen LogP contribution >= 0.6 is 0 Å². The second kappa shape index (κ2) is 8.06. The molecule has 17 aliphatic rings. The van der Waals surface area contributed by atoms with Crippen LogP contribution in [0.4, 0.5) is 0 Å². The van der Waals surface area contributed by atoms with Crippen LogP contribution in [0.1, 0.15) is 69.9 Å². The SMILES string of the molecule is CCOCN1CC2C3=C4C5C6=C(C3)CC3CC7CC8CC9CC%10CC%11CC2(C2C4C4C5C5C(C63)C7C3C8C9C6C%10C(C4C6C35)C%112)C1c1ccccc1. The summed E-state index contributed by atoms with van der Waals surface area (Å²) in [5.74, 6) is 28.3. The molecule has 2 heteroatoms. The molecule has 268 valence electrons. The maximum absolute atomic E-state index is 6.52. The van der Waals surface area contributed by atoms with Crippen molar-refractivity contribution in [3.05, 3.63) is 58.2 Å². The lowest BCUT2D eigenvalue weighted by atomic mass is 9.41. The zero-order valence-electron chi connectivity index (χ0n) is 31.1. The third-order valence-electron chi connectivity index (χ3n) is 24.5. The molecule has 2 nitrogen and oxygen atoms in total. The topological polar surface area (TPSA) is 12.5 Å². The molecular weight excluding hydrogens is 631 g/mol. The van der Waals surface area contributed by atoms with Crippen LogP contribution < -0.4 is 0 Å². The maximum atomic E-state index is 6.52. The molecule has 28 atom stereocenters. The molecule has 0 bridgehead atoms.